The maximum Gasteiger partial charge on any atom is 0.291 e. The summed E-state index contributed by atoms with van der Waals surface area (Å²) in [6.45, 7) is 20.8. The highest BCUT2D eigenvalue weighted by Crippen LogP contribution is 2.42. The minimum Gasteiger partial charge on any atom is -0.451 e. The van der Waals surface area contributed by atoms with Gasteiger partial charge in [0.1, 0.15) is 23.7 Å². The molecule has 3 aromatic carbocycles. The number of nitrogens with one attached hydrogen (secondary N) is 6. The molecule has 0 saturated carbocycles. The molecule has 88 heavy (non-hydrogen) atoms. The summed E-state index contributed by atoms with van der Waals surface area (Å²) >= 11 is 12.1. The molecular formula is C64H80Cl2N12O10. The second-order valence-electron chi connectivity index (χ2n) is 25.6. The highest BCUT2D eigenvalue weighted by atomic mass is 35.5. The van der Waals surface area contributed by atoms with E-state index in [1.165, 1.54) is 0 Å². The van der Waals surface area contributed by atoms with Crippen molar-refractivity contribution >= 4 is 58.2 Å². The van der Waals surface area contributed by atoms with E-state index in [4.69, 9.17) is 42.1 Å². The van der Waals surface area contributed by atoms with Crippen molar-refractivity contribution in [2.24, 2.45) is 0 Å². The van der Waals surface area contributed by atoms with E-state index in [1.807, 2.05) is 52.0 Å². The van der Waals surface area contributed by atoms with Crippen LogP contribution in [0.4, 0.5) is 11.4 Å². The van der Waals surface area contributed by atoms with Crippen LogP contribution in [-0.4, -0.2) is 194 Å². The van der Waals surface area contributed by atoms with Crippen LogP contribution >= 0.6 is 23.2 Å². The van der Waals surface area contributed by atoms with Gasteiger partial charge in [-0.25, -0.2) is 0 Å². The lowest BCUT2D eigenvalue weighted by Crippen LogP contribution is -2.62. The van der Waals surface area contributed by atoms with E-state index in [1.54, 1.807) is 70.5 Å². The van der Waals surface area contributed by atoms with Crippen LogP contribution in [0.15, 0.2) is 94.5 Å². The summed E-state index contributed by atoms with van der Waals surface area (Å²) in [4.78, 5) is 101. The molecule has 0 unspecified atom stereocenters. The van der Waals surface area contributed by atoms with E-state index < -0.39 is 23.0 Å². The van der Waals surface area contributed by atoms with Crippen molar-refractivity contribution in [1.29, 1.82) is 0 Å². The fourth-order valence-corrected chi connectivity index (χ4v) is 13.0. The summed E-state index contributed by atoms with van der Waals surface area (Å²) in [6.07, 6.45) is -1.35. The average Bonchev–Trinajstić information content (AvgIpc) is 2.75. The van der Waals surface area contributed by atoms with Gasteiger partial charge in [-0.15, -0.1) is 0 Å². The van der Waals surface area contributed by atoms with Gasteiger partial charge in [-0.3, -0.25) is 48.4 Å². The predicted molar refractivity (Wildman–Crippen MR) is 336 cm³/mol. The van der Waals surface area contributed by atoms with Crippen LogP contribution < -0.4 is 51.7 Å². The van der Waals surface area contributed by atoms with Gasteiger partial charge in [-0.1, -0.05) is 75.2 Å². The van der Waals surface area contributed by atoms with Gasteiger partial charge in [0, 0.05) is 160 Å². The number of amides is 4. The van der Waals surface area contributed by atoms with Crippen LogP contribution in [0.25, 0.3) is 0 Å². The molecule has 6 aliphatic heterocycles. The minimum atomic E-state index is -0.674. The number of rotatable bonds is 18. The normalized spacial score (nSPS) is 23.9. The van der Waals surface area contributed by atoms with Crippen LogP contribution in [0.3, 0.4) is 0 Å². The monoisotopic (exact) mass is 1250 g/mol. The number of halogens is 2. The number of morpholine rings is 2. The molecule has 6 atom stereocenters. The number of aromatic nitrogens is 2. The summed E-state index contributed by atoms with van der Waals surface area (Å²) in [5.41, 5.74) is 2.66. The Bertz CT molecular complexity index is 3250. The van der Waals surface area contributed by atoms with E-state index in [0.29, 0.717) is 149 Å². The zero-order valence-corrected chi connectivity index (χ0v) is 52.3. The van der Waals surface area contributed by atoms with Crippen molar-refractivity contribution in [1.82, 2.24) is 50.8 Å². The van der Waals surface area contributed by atoms with Gasteiger partial charge in [0.25, 0.3) is 22.9 Å². The summed E-state index contributed by atoms with van der Waals surface area (Å²) in [6, 6.07) is 24.8. The Hall–Kier alpha value is -6.70. The minimum absolute atomic E-state index is 0.0142. The first-order valence-corrected chi connectivity index (χ1v) is 31.2. The largest absolute Gasteiger partial charge is 0.451 e. The van der Waals surface area contributed by atoms with E-state index in [-0.39, 0.29) is 83.5 Å². The highest BCUT2D eigenvalue weighted by molar-refractivity contribution is 6.30. The van der Waals surface area contributed by atoms with Crippen molar-refractivity contribution in [3.8, 4) is 23.0 Å². The van der Waals surface area contributed by atoms with Crippen LogP contribution in [0.1, 0.15) is 64.1 Å². The van der Waals surface area contributed by atoms with Crippen molar-refractivity contribution in [3.63, 3.8) is 0 Å². The van der Waals surface area contributed by atoms with Gasteiger partial charge in [-0.2, -0.15) is 0 Å². The maximum absolute atomic E-state index is 14.4. The number of H-pyrrole nitrogens is 2. The number of carbonyl (C=O) groups excluding carboxylic acids is 4. The molecule has 8 heterocycles. The number of piperazine rings is 2. The van der Waals surface area contributed by atoms with Crippen molar-refractivity contribution in [3.05, 3.63) is 138 Å². The number of hydrogen-bond acceptors (Lipinski definition) is 16. The molecule has 0 radical (unpaired) electrons. The SMILES string of the molecule is C[C@@H]1CN(CC(=O)N2CC(C)(C)c3[nH]c(=O)c(Oc4ccc(Cl)cc4)cc32)[C@@H](CN2CCO[C@H](C(=O)NCc3ccc(CNC(=O)[C@@H]4CN(C[C@H]5CN[C@H](C)CN5CC(=O)N5CC(C)(C)c6[nH]c(=O)c(Oc7ccc(Cl)cc7)cc65)CCO4)cc3)C2)CN1. The molecule has 470 valence electrons. The molecule has 2 aromatic heterocycles. The average molecular weight is 1250 g/mol. The Balaban J connectivity index is 0.629. The third kappa shape index (κ3) is 14.8. The molecule has 0 bridgehead atoms. The molecule has 24 heteroatoms. The van der Waals surface area contributed by atoms with E-state index >= 15 is 0 Å². The molecule has 22 nitrogen and oxygen atoms in total. The number of benzene rings is 3. The number of anilines is 2. The second kappa shape index (κ2) is 26.8. The zero-order valence-electron chi connectivity index (χ0n) is 50.8. The molecule has 0 aliphatic carbocycles. The first-order chi connectivity index (χ1) is 42.1. The lowest BCUT2D eigenvalue weighted by Gasteiger charge is -2.43. The molecule has 6 N–H and O–H groups in total. The van der Waals surface area contributed by atoms with E-state index in [2.05, 4.69) is 64.7 Å². The van der Waals surface area contributed by atoms with E-state index in [9.17, 15) is 28.8 Å². The maximum atomic E-state index is 14.4. The Kier molecular flexibility index (Phi) is 19.1. The fraction of sp³-hybridized carbons (Fsp3) is 0.500. The Morgan fingerprint density at radius 3 is 1.35 bits per heavy atom. The van der Waals surface area contributed by atoms with Crippen LogP contribution in [0, 0.1) is 0 Å². The van der Waals surface area contributed by atoms with Crippen molar-refractivity contribution in [2.45, 2.75) is 102 Å². The van der Waals surface area contributed by atoms with Crippen molar-refractivity contribution in [2.75, 3.05) is 115 Å². The summed E-state index contributed by atoms with van der Waals surface area (Å²) in [7, 11) is 0. The molecule has 5 aromatic rings. The summed E-state index contributed by atoms with van der Waals surface area (Å²) < 4.78 is 24.0. The first-order valence-electron chi connectivity index (χ1n) is 30.4. The Labute approximate surface area is 522 Å². The van der Waals surface area contributed by atoms with Gasteiger partial charge in [0.05, 0.1) is 37.7 Å². The fourth-order valence-electron chi connectivity index (χ4n) is 12.8. The molecule has 0 spiro atoms. The number of fused-ring (bicyclic) bond motifs is 2. The summed E-state index contributed by atoms with van der Waals surface area (Å²) in [5.74, 6) is 0.511. The van der Waals surface area contributed by atoms with Crippen molar-refractivity contribution < 1.29 is 38.1 Å². The Morgan fingerprint density at radius 1 is 0.580 bits per heavy atom. The third-order valence-corrected chi connectivity index (χ3v) is 18.1. The zero-order chi connectivity index (χ0) is 62.0. The molecule has 4 fully saturated rings. The van der Waals surface area contributed by atoms with Crippen LogP contribution in [0.5, 0.6) is 23.0 Å². The number of nitrogens with zero attached hydrogens (tertiary/aromatic N) is 6. The standard InChI is InChI=1S/C64H80Cl2N12O10/c1-39-29-75(35-55(79)77-37-63(3,4)57-49(77)23-51(61(83)71-57)87-47-15-11-43(65)12-16-47)45(27-67-39)31-73-19-21-85-53(33-73)59(81)69-25-41-7-9-42(10-8-41)26-70-60(82)54-34-74(20-22-86-54)32-46-28-68-40(2)30-76(46)36-56(80)78-38-64(5,6)58-50(78)24-52(62(84)72-58)88-48-17-13-44(66)14-18-48/h7-18,23-24,39-40,45-46,53-54,67-68H,19-22,25-38H2,1-6H3,(H,69,81)(H,70,82)(H,71,83)(H,72,84)/t39-,40-,45-,46-,53+,54+/m1/s1. The number of ether oxygens (including phenoxy) is 4. The van der Waals surface area contributed by atoms with Crippen LogP contribution in [-0.2, 0) is 52.6 Å². The van der Waals surface area contributed by atoms with Gasteiger partial charge >= 0.3 is 0 Å². The molecule has 6 aliphatic rings. The summed E-state index contributed by atoms with van der Waals surface area (Å²) in [5, 5.41) is 14.4. The molecular weight excluding hydrogens is 1170 g/mol. The van der Waals surface area contributed by atoms with Gasteiger partial charge < -0.3 is 60.0 Å². The van der Waals surface area contributed by atoms with Crippen LogP contribution in [0.2, 0.25) is 10.0 Å². The smallest absolute Gasteiger partial charge is 0.291 e. The number of carbonyl (C=O) groups is 4. The lowest BCUT2D eigenvalue weighted by atomic mass is 9.91. The van der Waals surface area contributed by atoms with E-state index in [0.717, 1.165) is 11.1 Å². The number of pyridine rings is 2. The first kappa shape index (κ1) is 62.9. The highest BCUT2D eigenvalue weighted by Gasteiger charge is 2.44. The number of aromatic amines is 2. The molecule has 4 saturated heterocycles. The number of hydrogen-bond donors (Lipinski definition) is 6. The second-order valence-corrected chi connectivity index (χ2v) is 26.4. The third-order valence-electron chi connectivity index (χ3n) is 17.6. The van der Waals surface area contributed by atoms with Gasteiger partial charge in [0.15, 0.2) is 11.5 Å². The predicted octanol–water partition coefficient (Wildman–Crippen LogP) is 4.56. The quantitative estimate of drug-likeness (QED) is 0.0705. The van der Waals surface area contributed by atoms with Gasteiger partial charge in [0.2, 0.25) is 11.8 Å². The Morgan fingerprint density at radius 2 is 0.966 bits per heavy atom. The van der Waals surface area contributed by atoms with Gasteiger partial charge in [-0.05, 0) is 73.5 Å². The molecule has 4 amide bonds. The lowest BCUT2D eigenvalue weighted by molar-refractivity contribution is -0.139. The topological polar surface area (TPSA) is 238 Å². The molecule has 11 rings (SSSR count).